The molecule has 0 fully saturated rings. The van der Waals surface area contributed by atoms with E-state index in [4.69, 9.17) is 55.9 Å². The molecule has 0 bridgehead atoms. The molecule has 0 aliphatic heterocycles. The molecule has 0 saturated carbocycles. The Morgan fingerprint density at radius 1 is 0.500 bits per heavy atom. The number of ketones is 1. The fourth-order valence-corrected chi connectivity index (χ4v) is 14.1. The van der Waals surface area contributed by atoms with Gasteiger partial charge in [-0.25, -0.2) is 31.1 Å². The standard InChI is InChI=1S/C60H84Cl4N6O8S2/c1-41-33-46(25-27-56(41)77-58-50-35-43(61)37-52(63)48(50)39-54(58)69(3)4)79(73,74)67-31-21-14-9-7-8-12-17-23-45(71)24-18-16-20-30-66-60(72)65-29-19-13-10-11-15-22-32-68-80(75,76)47-26-28-57(42(2)34-47)78-59-51-36-44(62)38-53(64)49(51)40-55(59)70(5)6/h25-28,33-38,54-55,58-59,67-68H,7-24,29-32,39-40H2,1-6H3,(H2,65,66,72)/t54-,55-,58-,59-/m0/s1. The highest BCUT2D eigenvalue weighted by Crippen LogP contribution is 2.44. The van der Waals surface area contributed by atoms with Crippen molar-refractivity contribution >= 4 is 78.3 Å². The zero-order chi connectivity index (χ0) is 58.0. The van der Waals surface area contributed by atoms with E-state index in [1.807, 2.05) is 54.2 Å². The topological polar surface area (TPSA) is 175 Å². The van der Waals surface area contributed by atoms with Gasteiger partial charge in [-0.3, -0.25) is 4.79 Å². The third-order valence-corrected chi connectivity index (χ3v) is 19.3. The minimum Gasteiger partial charge on any atom is -0.484 e. The number of nitrogens with one attached hydrogen (secondary N) is 4. The number of nitrogens with zero attached hydrogens (tertiary/aromatic N) is 2. The second kappa shape index (κ2) is 31.8. The minimum absolute atomic E-state index is 0.0424. The molecule has 0 unspecified atom stereocenters. The first-order valence-electron chi connectivity index (χ1n) is 28.5. The average Bonchev–Trinajstić information content (AvgIpc) is 3.95. The summed E-state index contributed by atoms with van der Waals surface area (Å²) in [6.07, 6.45) is 16.7. The van der Waals surface area contributed by atoms with E-state index < -0.39 is 20.0 Å². The van der Waals surface area contributed by atoms with Crippen molar-refractivity contribution in [2.45, 2.75) is 176 Å². The van der Waals surface area contributed by atoms with Crippen LogP contribution in [0.5, 0.6) is 11.5 Å². The highest BCUT2D eigenvalue weighted by atomic mass is 35.5. The van der Waals surface area contributed by atoms with Gasteiger partial charge in [0.1, 0.15) is 29.5 Å². The molecule has 4 aromatic carbocycles. The first kappa shape index (κ1) is 65.5. The number of aryl methyl sites for hydroxylation is 2. The van der Waals surface area contributed by atoms with Crippen molar-refractivity contribution in [3.63, 3.8) is 0 Å². The van der Waals surface area contributed by atoms with Crippen molar-refractivity contribution in [2.75, 3.05) is 54.4 Å². The molecule has 14 nitrogen and oxygen atoms in total. The predicted molar refractivity (Wildman–Crippen MR) is 324 cm³/mol. The number of benzene rings is 4. The molecule has 2 aliphatic rings. The van der Waals surface area contributed by atoms with E-state index in [-0.39, 0.29) is 40.1 Å². The Bertz CT molecular complexity index is 2730. The minimum atomic E-state index is -3.69. The van der Waals surface area contributed by atoms with Crippen LogP contribution in [0.4, 0.5) is 4.79 Å². The van der Waals surface area contributed by atoms with Crippen LogP contribution in [0.25, 0.3) is 0 Å². The monoisotopic (exact) mass is 1220 g/mol. The molecule has 80 heavy (non-hydrogen) atoms. The lowest BCUT2D eigenvalue weighted by molar-refractivity contribution is -0.119. The number of fused-ring (bicyclic) bond motifs is 2. The molecule has 0 radical (unpaired) electrons. The van der Waals surface area contributed by atoms with Crippen molar-refractivity contribution in [1.82, 2.24) is 29.9 Å². The zero-order valence-corrected chi connectivity index (χ0v) is 52.2. The number of unbranched alkanes of at least 4 members (excludes halogenated alkanes) is 13. The van der Waals surface area contributed by atoms with Crippen LogP contribution < -0.4 is 29.6 Å². The van der Waals surface area contributed by atoms with Gasteiger partial charge < -0.3 is 29.9 Å². The van der Waals surface area contributed by atoms with Gasteiger partial charge >= 0.3 is 6.03 Å². The van der Waals surface area contributed by atoms with Crippen molar-refractivity contribution < 1.29 is 35.9 Å². The lowest BCUT2D eigenvalue weighted by atomic mass is 10.0. The summed E-state index contributed by atoms with van der Waals surface area (Å²) in [6, 6.07) is 17.1. The number of hydrogen-bond donors (Lipinski definition) is 4. The lowest BCUT2D eigenvalue weighted by Crippen LogP contribution is -2.36. The van der Waals surface area contributed by atoms with E-state index in [1.165, 1.54) is 0 Å². The quantitative estimate of drug-likeness (QED) is 0.0325. The van der Waals surface area contributed by atoms with Crippen LogP contribution in [0.2, 0.25) is 20.1 Å². The number of sulfonamides is 2. The van der Waals surface area contributed by atoms with Crippen molar-refractivity contribution in [1.29, 1.82) is 0 Å². The molecule has 2 amide bonds. The van der Waals surface area contributed by atoms with Gasteiger partial charge in [0, 0.05) is 70.2 Å². The van der Waals surface area contributed by atoms with Gasteiger partial charge in [-0.1, -0.05) is 111 Å². The van der Waals surface area contributed by atoms with Gasteiger partial charge in [0.05, 0.1) is 21.9 Å². The summed E-state index contributed by atoms with van der Waals surface area (Å²) < 4.78 is 71.1. The maximum absolute atomic E-state index is 13.1. The van der Waals surface area contributed by atoms with Gasteiger partial charge in [0.15, 0.2) is 0 Å². The highest BCUT2D eigenvalue weighted by Gasteiger charge is 2.39. The summed E-state index contributed by atoms with van der Waals surface area (Å²) in [5.41, 5.74) is 5.38. The molecule has 0 saturated heterocycles. The zero-order valence-electron chi connectivity index (χ0n) is 47.5. The van der Waals surface area contributed by atoms with Crippen LogP contribution in [-0.4, -0.2) is 105 Å². The number of carbonyl (C=O) groups excluding carboxylic acids is 2. The smallest absolute Gasteiger partial charge is 0.314 e. The molecule has 442 valence electrons. The van der Waals surface area contributed by atoms with E-state index >= 15 is 0 Å². The molecule has 0 heterocycles. The second-order valence-corrected chi connectivity index (χ2v) is 27.2. The summed E-state index contributed by atoms with van der Waals surface area (Å²) in [4.78, 5) is 29.3. The van der Waals surface area contributed by atoms with E-state index in [1.54, 1.807) is 48.5 Å². The highest BCUT2D eigenvalue weighted by molar-refractivity contribution is 7.89. The number of ether oxygens (including phenoxy) is 2. The fourth-order valence-electron chi connectivity index (χ4n) is 10.6. The number of carbonyl (C=O) groups is 2. The van der Waals surface area contributed by atoms with Crippen LogP contribution in [0.3, 0.4) is 0 Å². The van der Waals surface area contributed by atoms with Crippen LogP contribution >= 0.6 is 46.4 Å². The van der Waals surface area contributed by atoms with Crippen LogP contribution in [0.1, 0.15) is 161 Å². The molecule has 20 heteroatoms. The summed E-state index contributed by atoms with van der Waals surface area (Å²) in [5, 5.41) is 8.17. The van der Waals surface area contributed by atoms with Gasteiger partial charge in [-0.05, 0) is 176 Å². The van der Waals surface area contributed by atoms with Gasteiger partial charge in [-0.2, -0.15) is 0 Å². The first-order valence-corrected chi connectivity index (χ1v) is 33.0. The number of Topliss-reactive ketones (excluding diaryl/α,β-unsaturated/α-hetero) is 1. The number of rotatable bonds is 35. The van der Waals surface area contributed by atoms with E-state index in [9.17, 15) is 26.4 Å². The number of urea groups is 1. The van der Waals surface area contributed by atoms with E-state index in [0.717, 1.165) is 149 Å². The second-order valence-electron chi connectivity index (χ2n) is 22.0. The number of amides is 2. The summed E-state index contributed by atoms with van der Waals surface area (Å²) >= 11 is 25.8. The largest absolute Gasteiger partial charge is 0.484 e. The Hall–Kier alpha value is -3.68. The predicted octanol–water partition coefficient (Wildman–Crippen LogP) is 13.3. The van der Waals surface area contributed by atoms with Gasteiger partial charge in [0.25, 0.3) is 0 Å². The molecule has 0 spiro atoms. The lowest BCUT2D eigenvalue weighted by Gasteiger charge is -2.28. The Labute approximate surface area is 497 Å². The molecule has 4 N–H and O–H groups in total. The molecule has 6 rings (SSSR count). The summed E-state index contributed by atoms with van der Waals surface area (Å²) in [5.74, 6) is 1.51. The maximum atomic E-state index is 13.1. The molecular formula is C60H84Cl4N6O8S2. The van der Waals surface area contributed by atoms with Gasteiger partial charge in [0.2, 0.25) is 20.0 Å². The Kier molecular flexibility index (Phi) is 26.1. The SMILES string of the molecule is Cc1cc(S(=O)(=O)NCCCCCCCCCC(=O)CCCCCNC(=O)NCCCCCCCCNS(=O)(=O)c2ccc(O[C@H]3c4cc(Cl)cc(Cl)c4C[C@@H]3N(C)C)c(C)c2)ccc1O[C@H]1c2cc(Cl)cc(Cl)c2C[C@@H]1N(C)C. The maximum Gasteiger partial charge on any atom is 0.314 e. The third kappa shape index (κ3) is 19.5. The Morgan fingerprint density at radius 2 is 0.850 bits per heavy atom. The summed E-state index contributed by atoms with van der Waals surface area (Å²) in [6.45, 7) is 5.58. The normalized spacial score (nSPS) is 17.0. The van der Waals surface area contributed by atoms with Gasteiger partial charge in [-0.15, -0.1) is 0 Å². The first-order chi connectivity index (χ1) is 38.1. The molecule has 0 aromatic heterocycles. The molecule has 4 aromatic rings. The van der Waals surface area contributed by atoms with Crippen molar-refractivity contribution in [3.05, 3.63) is 114 Å². The van der Waals surface area contributed by atoms with Crippen LogP contribution in [0.15, 0.2) is 70.5 Å². The van der Waals surface area contributed by atoms with E-state index in [2.05, 4.69) is 29.9 Å². The third-order valence-electron chi connectivity index (χ3n) is 15.3. The van der Waals surface area contributed by atoms with Crippen molar-refractivity contribution in [2.24, 2.45) is 0 Å². The Morgan fingerprint density at radius 3 is 1.23 bits per heavy atom. The van der Waals surface area contributed by atoms with Crippen LogP contribution in [-0.2, 0) is 37.7 Å². The van der Waals surface area contributed by atoms with Crippen molar-refractivity contribution in [3.8, 4) is 11.5 Å². The molecular weight excluding hydrogens is 1140 g/mol. The van der Waals surface area contributed by atoms with E-state index in [0.29, 0.717) is 76.4 Å². The number of halogens is 4. The molecule has 2 aliphatic carbocycles. The fraction of sp³-hybridized carbons (Fsp3) is 0.567. The number of likely N-dealkylation sites (N-methyl/N-ethyl adjacent to an activating group) is 2. The average molecular weight is 1220 g/mol. The van der Waals surface area contributed by atoms with Crippen LogP contribution in [0, 0.1) is 13.8 Å². The summed E-state index contributed by atoms with van der Waals surface area (Å²) in [7, 11) is 0.638. The molecule has 4 atom stereocenters. The Balaban J connectivity index is 0.708. The number of hydrogen-bond acceptors (Lipinski definition) is 10.